The molecule has 0 atom stereocenters. The van der Waals surface area contributed by atoms with Crippen molar-refractivity contribution in [3.8, 4) is 6.07 Å². The molecule has 2 aromatic heterocycles. The molecule has 0 aliphatic carbocycles. The summed E-state index contributed by atoms with van der Waals surface area (Å²) in [7, 11) is 0. The number of hydrogen-bond donors (Lipinski definition) is 3. The second-order valence-corrected chi connectivity index (χ2v) is 7.03. The monoisotopic (exact) mass is 578 g/mol. The molecule has 0 radical (unpaired) electrons. The number of aromatic amines is 2. The van der Waals surface area contributed by atoms with E-state index in [2.05, 4.69) is 24.8 Å². The molecule has 0 saturated heterocycles. The highest BCUT2D eigenvalue weighted by Gasteiger charge is 2.37. The lowest BCUT2D eigenvalue weighted by Crippen LogP contribution is -2.19. The molecule has 20 heteroatoms. The topological polar surface area (TPSA) is 212 Å². The van der Waals surface area contributed by atoms with Crippen LogP contribution in [0.1, 0.15) is 16.2 Å². The Kier molecular flexibility index (Phi) is 9.69. The number of amides is 1. The van der Waals surface area contributed by atoms with Crippen LogP contribution in [-0.2, 0) is 14.8 Å². The van der Waals surface area contributed by atoms with E-state index in [0.717, 1.165) is 10.8 Å². The fourth-order valence-electron chi connectivity index (χ4n) is 2.74. The molecule has 4 N–H and O–H groups in total. The smallest absolute Gasteiger partial charge is 0.364 e. The molecule has 1 amide bonds. The Morgan fingerprint density at radius 1 is 0.825 bits per heavy atom. The van der Waals surface area contributed by atoms with Crippen molar-refractivity contribution < 1.29 is 55.8 Å². The third-order valence-corrected chi connectivity index (χ3v) is 4.28. The van der Waals surface area contributed by atoms with E-state index in [1.54, 1.807) is 24.3 Å². The quantitative estimate of drug-likeness (QED) is 0.125. The number of benzene rings is 2. The summed E-state index contributed by atoms with van der Waals surface area (Å²) in [5.41, 5.74) is 6.84. The number of primary amides is 1. The average molecular weight is 578 g/mol. The summed E-state index contributed by atoms with van der Waals surface area (Å²) >= 11 is 0. The highest BCUT2D eigenvalue weighted by Crippen LogP contribution is 2.23. The Morgan fingerprint density at radius 3 is 1.68 bits per heavy atom. The molecule has 0 aliphatic rings. The number of nitro benzene ring substituents is 2. The molecule has 40 heavy (non-hydrogen) atoms. The van der Waals surface area contributed by atoms with Crippen molar-refractivity contribution in [1.82, 2.24) is 9.97 Å². The van der Waals surface area contributed by atoms with Crippen LogP contribution in [0.15, 0.2) is 48.5 Å². The maximum atomic E-state index is 10.8. The number of carbonyl (C=O) groups excluding carboxylic acids is 1. The number of nitrogens with zero attached hydrogens (tertiary/aromatic N) is 3. The van der Waals surface area contributed by atoms with Gasteiger partial charge in [-0.05, 0) is 24.3 Å². The minimum atomic E-state index is -5.33. The zero-order valence-corrected chi connectivity index (χ0v) is 19.1. The summed E-state index contributed by atoms with van der Waals surface area (Å²) in [5.74, 6) is -0.589. The molecule has 0 bridgehead atoms. The number of nitrogens with one attached hydrogen (secondary N) is 2. The normalized spacial score (nSPS) is 11.1. The molecular weight excluding hydrogens is 566 g/mol. The summed E-state index contributed by atoms with van der Waals surface area (Å²) < 4.78 is 65.0. The summed E-state index contributed by atoms with van der Waals surface area (Å²) in [6.45, 7) is 0. The van der Waals surface area contributed by atoms with Crippen molar-refractivity contribution in [2.75, 3.05) is 0 Å². The molecule has 2 aromatic carbocycles. The molecular formula is C20H12F6N6O8. The summed E-state index contributed by atoms with van der Waals surface area (Å²) in [4.78, 5) is 40.6. The van der Waals surface area contributed by atoms with E-state index in [9.17, 15) is 51.4 Å². The van der Waals surface area contributed by atoms with Gasteiger partial charge in [0, 0.05) is 35.0 Å². The van der Waals surface area contributed by atoms with Crippen LogP contribution in [0.2, 0.25) is 0 Å². The maximum absolute atomic E-state index is 10.8. The molecule has 2 heterocycles. The number of carbonyl (C=O) groups is 1. The third-order valence-electron chi connectivity index (χ3n) is 4.28. The summed E-state index contributed by atoms with van der Waals surface area (Å²) in [6, 6.07) is 13.9. The number of alkyl halides is 6. The van der Waals surface area contributed by atoms with Crippen LogP contribution < -0.4 is 5.73 Å². The lowest BCUT2D eigenvalue weighted by molar-refractivity contribution is -0.655. The van der Waals surface area contributed by atoms with Gasteiger partial charge in [0.1, 0.15) is 17.5 Å². The summed E-state index contributed by atoms with van der Waals surface area (Å²) in [5, 5.41) is 33.4. The second kappa shape index (κ2) is 12.5. The number of nitrogens with two attached hydrogens (primary N) is 1. The van der Waals surface area contributed by atoms with Crippen molar-refractivity contribution in [2.24, 2.45) is 5.73 Å². The van der Waals surface area contributed by atoms with Gasteiger partial charge in [-0.3, -0.25) is 25.0 Å². The third kappa shape index (κ3) is 9.56. The van der Waals surface area contributed by atoms with Gasteiger partial charge in [0.15, 0.2) is 0 Å². The zero-order chi connectivity index (χ0) is 30.3. The predicted molar refractivity (Wildman–Crippen MR) is 119 cm³/mol. The number of hydrogen-bond acceptors (Lipinski definition) is 9. The van der Waals surface area contributed by atoms with Crippen LogP contribution in [0.5, 0.6) is 0 Å². The number of halogens is 6. The second-order valence-electron chi connectivity index (χ2n) is 7.03. The van der Waals surface area contributed by atoms with E-state index in [-0.39, 0.29) is 17.1 Å². The molecule has 0 fully saturated rings. The Morgan fingerprint density at radius 2 is 1.27 bits per heavy atom. The van der Waals surface area contributed by atoms with Crippen LogP contribution in [-0.4, -0.2) is 38.4 Å². The fraction of sp³-hybridized carbons (Fsp3) is 0.100. The van der Waals surface area contributed by atoms with Gasteiger partial charge in [-0.1, -0.05) is 14.8 Å². The van der Waals surface area contributed by atoms with Gasteiger partial charge in [-0.2, -0.15) is 5.26 Å². The highest BCUT2D eigenvalue weighted by molar-refractivity contribution is 5.97. The van der Waals surface area contributed by atoms with Gasteiger partial charge in [-0.25, -0.2) is 0 Å². The van der Waals surface area contributed by atoms with Gasteiger partial charge in [0.05, 0.1) is 20.9 Å². The van der Waals surface area contributed by atoms with Crippen LogP contribution in [0, 0.1) is 31.6 Å². The Hall–Kier alpha value is -5.26. The highest BCUT2D eigenvalue weighted by atomic mass is 19.4. The minimum Gasteiger partial charge on any atom is -0.364 e. The van der Waals surface area contributed by atoms with E-state index in [0.29, 0.717) is 16.7 Å². The van der Waals surface area contributed by atoms with Gasteiger partial charge in [0.25, 0.3) is 17.3 Å². The maximum Gasteiger partial charge on any atom is 0.551 e. The van der Waals surface area contributed by atoms with E-state index in [4.69, 9.17) is 11.0 Å². The van der Waals surface area contributed by atoms with Crippen molar-refractivity contribution in [1.29, 1.82) is 5.26 Å². The number of rotatable bonds is 5. The first-order chi connectivity index (χ1) is 18.5. The standard InChI is InChI=1S/C9H7N3O3.C9H5N3O2.C2F6O3/c10-9(13)8-3-5-1-2-6(12(14)15)4-7(5)11-8;10-5-7-3-6-1-2-8(12(13)14)4-9(6)11-7;3-1(4,5)9-11-10-2(6,7)8/h1-4,11H,(H2,10,13);1-4,11H;. The number of aromatic nitrogens is 2. The minimum absolute atomic E-state index is 0.0174. The molecule has 4 rings (SSSR count). The molecule has 0 aliphatic heterocycles. The molecule has 4 aromatic rings. The number of fused-ring (bicyclic) bond motifs is 2. The van der Waals surface area contributed by atoms with Crippen molar-refractivity contribution in [3.63, 3.8) is 0 Å². The van der Waals surface area contributed by atoms with Crippen LogP contribution in [0.3, 0.4) is 0 Å². The Balaban J connectivity index is 0.000000213. The summed E-state index contributed by atoms with van der Waals surface area (Å²) in [6.07, 6.45) is -10.7. The van der Waals surface area contributed by atoms with E-state index < -0.39 is 28.5 Å². The number of H-pyrrole nitrogens is 2. The SMILES string of the molecule is FC(F)(F)OOOC(F)(F)F.N#Cc1cc2ccc([N+](=O)[O-])cc2[nH]1.NC(=O)c1cc2ccc([N+](=O)[O-])cc2[nH]1. The number of nitriles is 1. The van der Waals surface area contributed by atoms with E-state index in [1.165, 1.54) is 24.3 Å². The van der Waals surface area contributed by atoms with Gasteiger partial charge in [-0.15, -0.1) is 26.3 Å². The molecule has 0 unspecified atom stereocenters. The first-order valence-electron chi connectivity index (χ1n) is 9.90. The van der Waals surface area contributed by atoms with Crippen molar-refractivity contribution >= 4 is 39.1 Å². The van der Waals surface area contributed by atoms with Crippen molar-refractivity contribution in [2.45, 2.75) is 12.7 Å². The lowest BCUT2D eigenvalue weighted by atomic mass is 10.2. The van der Waals surface area contributed by atoms with Gasteiger partial charge < -0.3 is 15.7 Å². The average Bonchev–Trinajstić information content (AvgIpc) is 3.46. The largest absolute Gasteiger partial charge is 0.551 e. The van der Waals surface area contributed by atoms with Crippen LogP contribution >= 0.6 is 0 Å². The Bertz CT molecular complexity index is 1550. The van der Waals surface area contributed by atoms with Crippen LogP contribution in [0.4, 0.5) is 37.7 Å². The Labute approximate surface area is 215 Å². The molecule has 0 spiro atoms. The molecule has 212 valence electrons. The fourth-order valence-corrected chi connectivity index (χ4v) is 2.74. The number of non-ortho nitro benzene ring substituents is 2. The van der Waals surface area contributed by atoms with Gasteiger partial charge in [0.2, 0.25) is 0 Å². The predicted octanol–water partition coefficient (Wildman–Crippen LogP) is 5.03. The molecule has 14 nitrogen and oxygen atoms in total. The van der Waals surface area contributed by atoms with Crippen molar-refractivity contribution in [3.05, 3.63) is 80.1 Å². The molecule has 0 saturated carbocycles. The lowest BCUT2D eigenvalue weighted by Gasteiger charge is -2.06. The zero-order valence-electron chi connectivity index (χ0n) is 19.1. The first-order valence-corrected chi connectivity index (χ1v) is 9.90. The van der Waals surface area contributed by atoms with E-state index >= 15 is 0 Å². The number of nitro groups is 2. The van der Waals surface area contributed by atoms with E-state index in [1.807, 2.05) is 6.07 Å². The first kappa shape index (κ1) is 31.0. The van der Waals surface area contributed by atoms with Crippen LogP contribution in [0.25, 0.3) is 21.8 Å². The van der Waals surface area contributed by atoms with Gasteiger partial charge >= 0.3 is 12.7 Å².